The molecule has 0 aliphatic rings. The van der Waals surface area contributed by atoms with E-state index < -0.39 is 11.6 Å². The van der Waals surface area contributed by atoms with Gasteiger partial charge in [0.1, 0.15) is 11.3 Å². The lowest BCUT2D eigenvalue weighted by molar-refractivity contribution is 0.102. The standard InChI is InChI=1S/C16H12F2N2OS/c1-8-3-4-9(2)11(5-8)15(21)20-16-19-14-12(18)6-10(17)7-13(14)22-16/h3-7H,1-2H3,(H,19,20,21). The predicted molar refractivity (Wildman–Crippen MR) is 83.4 cm³/mol. The molecular weight excluding hydrogens is 306 g/mol. The van der Waals surface area contributed by atoms with E-state index in [0.29, 0.717) is 10.3 Å². The summed E-state index contributed by atoms with van der Waals surface area (Å²) in [6.07, 6.45) is 0. The van der Waals surface area contributed by atoms with Crippen molar-refractivity contribution in [1.82, 2.24) is 4.98 Å². The van der Waals surface area contributed by atoms with Crippen molar-refractivity contribution in [3.05, 3.63) is 58.7 Å². The number of thiazole rings is 1. The van der Waals surface area contributed by atoms with E-state index in [-0.39, 0.29) is 16.6 Å². The van der Waals surface area contributed by atoms with Crippen molar-refractivity contribution in [1.29, 1.82) is 0 Å². The van der Waals surface area contributed by atoms with Gasteiger partial charge in [-0.25, -0.2) is 13.8 Å². The van der Waals surface area contributed by atoms with Gasteiger partial charge in [-0.2, -0.15) is 0 Å². The highest BCUT2D eigenvalue weighted by Crippen LogP contribution is 2.29. The summed E-state index contributed by atoms with van der Waals surface area (Å²) in [5.41, 5.74) is 2.39. The highest BCUT2D eigenvalue weighted by atomic mass is 32.1. The Bertz CT molecular complexity index is 889. The second kappa shape index (κ2) is 5.46. The predicted octanol–water partition coefficient (Wildman–Crippen LogP) is 4.44. The number of nitrogens with zero attached hydrogens (tertiary/aromatic N) is 1. The minimum absolute atomic E-state index is 0.0580. The molecule has 0 spiro atoms. The first kappa shape index (κ1) is 14.6. The zero-order chi connectivity index (χ0) is 15.9. The molecule has 1 N–H and O–H groups in total. The maximum absolute atomic E-state index is 13.6. The minimum atomic E-state index is -0.738. The average Bonchev–Trinajstić information content (AvgIpc) is 2.84. The van der Waals surface area contributed by atoms with Gasteiger partial charge in [-0.05, 0) is 31.5 Å². The molecule has 0 aliphatic carbocycles. The van der Waals surface area contributed by atoms with E-state index in [0.717, 1.165) is 28.5 Å². The summed E-state index contributed by atoms with van der Waals surface area (Å²) in [4.78, 5) is 16.3. The van der Waals surface area contributed by atoms with Crippen LogP contribution in [-0.4, -0.2) is 10.9 Å². The summed E-state index contributed by atoms with van der Waals surface area (Å²) in [5.74, 6) is -1.72. The molecule has 0 unspecified atom stereocenters. The second-order valence-corrected chi connectivity index (χ2v) is 6.06. The number of halogens is 2. The number of carbonyl (C=O) groups excluding carboxylic acids is 1. The molecule has 2 aromatic carbocycles. The van der Waals surface area contributed by atoms with E-state index in [1.54, 1.807) is 6.07 Å². The fraction of sp³-hybridized carbons (Fsp3) is 0.125. The molecule has 112 valence electrons. The van der Waals surface area contributed by atoms with Crippen molar-refractivity contribution in [3.63, 3.8) is 0 Å². The van der Waals surface area contributed by atoms with Gasteiger partial charge in [0.05, 0.1) is 4.70 Å². The first-order chi connectivity index (χ1) is 10.4. The summed E-state index contributed by atoms with van der Waals surface area (Å²) < 4.78 is 27.2. The molecule has 0 fully saturated rings. The monoisotopic (exact) mass is 318 g/mol. The molecule has 1 heterocycles. The molecular formula is C16H12F2N2OS. The molecule has 1 aromatic heterocycles. The molecule has 0 atom stereocenters. The van der Waals surface area contributed by atoms with Crippen LogP contribution >= 0.6 is 11.3 Å². The number of hydrogen-bond donors (Lipinski definition) is 1. The summed E-state index contributed by atoms with van der Waals surface area (Å²) >= 11 is 1.04. The van der Waals surface area contributed by atoms with Crippen LogP contribution in [0.2, 0.25) is 0 Å². The maximum atomic E-state index is 13.6. The highest BCUT2D eigenvalue weighted by molar-refractivity contribution is 7.22. The molecule has 0 radical (unpaired) electrons. The van der Waals surface area contributed by atoms with Crippen LogP contribution < -0.4 is 5.32 Å². The number of fused-ring (bicyclic) bond motifs is 1. The Balaban J connectivity index is 1.94. The molecule has 0 bridgehead atoms. The molecule has 1 amide bonds. The second-order valence-electron chi connectivity index (χ2n) is 5.03. The van der Waals surface area contributed by atoms with E-state index >= 15 is 0 Å². The number of hydrogen-bond acceptors (Lipinski definition) is 3. The normalized spacial score (nSPS) is 10.9. The van der Waals surface area contributed by atoms with Crippen LogP contribution in [0.3, 0.4) is 0 Å². The molecule has 0 saturated heterocycles. The fourth-order valence-corrected chi connectivity index (χ4v) is 3.06. The van der Waals surface area contributed by atoms with Crippen molar-refractivity contribution in [2.45, 2.75) is 13.8 Å². The SMILES string of the molecule is Cc1ccc(C)c(C(=O)Nc2nc3c(F)cc(F)cc3s2)c1. The van der Waals surface area contributed by atoms with Crippen LogP contribution in [-0.2, 0) is 0 Å². The van der Waals surface area contributed by atoms with Gasteiger partial charge in [0.15, 0.2) is 10.9 Å². The Morgan fingerprint density at radius 3 is 2.73 bits per heavy atom. The summed E-state index contributed by atoms with van der Waals surface area (Å²) in [6.45, 7) is 3.73. The van der Waals surface area contributed by atoms with Crippen molar-refractivity contribution < 1.29 is 13.6 Å². The van der Waals surface area contributed by atoms with E-state index in [1.165, 1.54) is 6.07 Å². The van der Waals surface area contributed by atoms with Gasteiger partial charge in [0, 0.05) is 11.6 Å². The fourth-order valence-electron chi connectivity index (χ4n) is 2.16. The van der Waals surface area contributed by atoms with Crippen LogP contribution in [0.15, 0.2) is 30.3 Å². The quantitative estimate of drug-likeness (QED) is 0.759. The van der Waals surface area contributed by atoms with Crippen molar-refractivity contribution in [3.8, 4) is 0 Å². The number of benzene rings is 2. The zero-order valence-electron chi connectivity index (χ0n) is 11.9. The molecule has 6 heteroatoms. The van der Waals surface area contributed by atoms with Crippen LogP contribution in [0.5, 0.6) is 0 Å². The van der Waals surface area contributed by atoms with E-state index in [2.05, 4.69) is 10.3 Å². The average molecular weight is 318 g/mol. The topological polar surface area (TPSA) is 42.0 Å². The number of aryl methyl sites for hydroxylation is 2. The third kappa shape index (κ3) is 2.69. The van der Waals surface area contributed by atoms with Gasteiger partial charge >= 0.3 is 0 Å². The van der Waals surface area contributed by atoms with Gasteiger partial charge in [-0.15, -0.1) is 0 Å². The minimum Gasteiger partial charge on any atom is -0.298 e. The summed E-state index contributed by atoms with van der Waals surface area (Å²) in [6, 6.07) is 7.53. The first-order valence-corrected chi connectivity index (χ1v) is 7.40. The largest absolute Gasteiger partial charge is 0.298 e. The molecule has 3 rings (SSSR count). The van der Waals surface area contributed by atoms with Crippen LogP contribution in [0, 0.1) is 25.5 Å². The van der Waals surface area contributed by atoms with Crippen molar-refractivity contribution in [2.75, 3.05) is 5.32 Å². The van der Waals surface area contributed by atoms with Gasteiger partial charge in [-0.1, -0.05) is 29.0 Å². The third-order valence-electron chi connectivity index (χ3n) is 3.27. The third-order valence-corrected chi connectivity index (χ3v) is 4.19. The van der Waals surface area contributed by atoms with Crippen molar-refractivity contribution in [2.24, 2.45) is 0 Å². The van der Waals surface area contributed by atoms with E-state index in [9.17, 15) is 13.6 Å². The summed E-state index contributed by atoms with van der Waals surface area (Å²) in [5, 5.41) is 2.88. The van der Waals surface area contributed by atoms with Crippen LogP contribution in [0.4, 0.5) is 13.9 Å². The Morgan fingerprint density at radius 1 is 1.18 bits per heavy atom. The lowest BCUT2D eigenvalue weighted by atomic mass is 10.1. The molecule has 3 nitrogen and oxygen atoms in total. The number of anilines is 1. The molecule has 0 saturated carbocycles. The van der Waals surface area contributed by atoms with Crippen molar-refractivity contribution >= 4 is 32.6 Å². The molecule has 3 aromatic rings. The molecule has 0 aliphatic heterocycles. The summed E-state index contributed by atoms with van der Waals surface area (Å²) in [7, 11) is 0. The lowest BCUT2D eigenvalue weighted by Crippen LogP contribution is -2.13. The van der Waals surface area contributed by atoms with Crippen LogP contribution in [0.25, 0.3) is 10.2 Å². The smallest absolute Gasteiger partial charge is 0.257 e. The Kier molecular flexibility index (Phi) is 3.62. The Labute approximate surface area is 129 Å². The Morgan fingerprint density at radius 2 is 1.95 bits per heavy atom. The number of nitrogens with one attached hydrogen (secondary N) is 1. The number of aromatic nitrogens is 1. The number of carbonyl (C=O) groups is 1. The van der Waals surface area contributed by atoms with Gasteiger partial charge in [0.2, 0.25) is 0 Å². The van der Waals surface area contributed by atoms with E-state index in [4.69, 9.17) is 0 Å². The maximum Gasteiger partial charge on any atom is 0.257 e. The lowest BCUT2D eigenvalue weighted by Gasteiger charge is -2.06. The highest BCUT2D eigenvalue weighted by Gasteiger charge is 2.14. The molecule has 22 heavy (non-hydrogen) atoms. The van der Waals surface area contributed by atoms with Crippen LogP contribution in [0.1, 0.15) is 21.5 Å². The van der Waals surface area contributed by atoms with E-state index in [1.807, 2.05) is 26.0 Å². The zero-order valence-corrected chi connectivity index (χ0v) is 12.7. The van der Waals surface area contributed by atoms with Gasteiger partial charge < -0.3 is 0 Å². The number of rotatable bonds is 2. The Hall–Kier alpha value is -2.34. The first-order valence-electron chi connectivity index (χ1n) is 6.58. The van der Waals surface area contributed by atoms with Gasteiger partial charge in [0.25, 0.3) is 5.91 Å². The number of amides is 1. The van der Waals surface area contributed by atoms with Gasteiger partial charge in [-0.3, -0.25) is 10.1 Å².